The van der Waals surface area contributed by atoms with Crippen LogP contribution in [0.5, 0.6) is 0 Å². The van der Waals surface area contributed by atoms with Gasteiger partial charge in [0, 0.05) is 33.3 Å². The standard InChI is InChI=1S/C23H16ClN3O5S/c24-18-8-7-17(33-18)19(23(31)32)26-21(29)12-1-4-15(5-2-12)27-10-9-13-11-14(20(25)28)3-6-16(13)22(27)30/h1-11,19H,(H2,25,28)(H,26,29)(H,31,32). The Morgan fingerprint density at radius 1 is 1.00 bits per heavy atom. The number of nitrogens with two attached hydrogens (primary N) is 1. The van der Waals surface area contributed by atoms with Crippen LogP contribution in [0.15, 0.2) is 71.7 Å². The highest BCUT2D eigenvalue weighted by atomic mass is 35.5. The molecule has 1 atom stereocenters. The highest BCUT2D eigenvalue weighted by molar-refractivity contribution is 7.16. The van der Waals surface area contributed by atoms with Crippen molar-refractivity contribution in [1.82, 2.24) is 9.88 Å². The summed E-state index contributed by atoms with van der Waals surface area (Å²) in [5, 5.41) is 12.9. The predicted molar refractivity (Wildman–Crippen MR) is 125 cm³/mol. The summed E-state index contributed by atoms with van der Waals surface area (Å²) in [6.45, 7) is 0. The summed E-state index contributed by atoms with van der Waals surface area (Å²) in [6.07, 6.45) is 1.56. The number of amides is 2. The summed E-state index contributed by atoms with van der Waals surface area (Å²) in [7, 11) is 0. The summed E-state index contributed by atoms with van der Waals surface area (Å²) in [6, 6.07) is 14.3. The summed E-state index contributed by atoms with van der Waals surface area (Å²) in [5.74, 6) is -2.37. The van der Waals surface area contributed by atoms with Gasteiger partial charge < -0.3 is 16.2 Å². The van der Waals surface area contributed by atoms with Gasteiger partial charge in [-0.15, -0.1) is 11.3 Å². The number of nitrogens with one attached hydrogen (secondary N) is 1. The number of fused-ring (bicyclic) bond motifs is 1. The number of thiophene rings is 1. The van der Waals surface area contributed by atoms with Crippen LogP contribution in [0.4, 0.5) is 0 Å². The molecule has 2 aromatic carbocycles. The van der Waals surface area contributed by atoms with E-state index < -0.39 is 23.8 Å². The minimum Gasteiger partial charge on any atom is -0.479 e. The predicted octanol–water partition coefficient (Wildman–Crippen LogP) is 3.36. The second kappa shape index (κ2) is 8.89. The fourth-order valence-electron chi connectivity index (χ4n) is 3.33. The van der Waals surface area contributed by atoms with Crippen LogP contribution in [0.3, 0.4) is 0 Å². The van der Waals surface area contributed by atoms with Crippen LogP contribution in [-0.4, -0.2) is 27.5 Å². The highest BCUT2D eigenvalue weighted by Gasteiger charge is 2.24. The molecular formula is C23H16ClN3O5S. The van der Waals surface area contributed by atoms with Gasteiger partial charge >= 0.3 is 5.97 Å². The Morgan fingerprint density at radius 2 is 1.70 bits per heavy atom. The minimum absolute atomic E-state index is 0.229. The van der Waals surface area contributed by atoms with Crippen molar-refractivity contribution in [3.8, 4) is 5.69 Å². The van der Waals surface area contributed by atoms with E-state index in [1.165, 1.54) is 22.8 Å². The summed E-state index contributed by atoms with van der Waals surface area (Å²) < 4.78 is 1.82. The van der Waals surface area contributed by atoms with E-state index in [2.05, 4.69) is 5.32 Å². The molecule has 10 heteroatoms. The Labute approximate surface area is 195 Å². The quantitative estimate of drug-likeness (QED) is 0.388. The number of halogens is 1. The number of aliphatic carboxylic acids is 1. The smallest absolute Gasteiger partial charge is 0.331 e. The van der Waals surface area contributed by atoms with Crippen molar-refractivity contribution in [2.45, 2.75) is 6.04 Å². The molecule has 0 radical (unpaired) electrons. The van der Waals surface area contributed by atoms with Gasteiger partial charge in [0.15, 0.2) is 6.04 Å². The first-order valence-corrected chi connectivity index (χ1v) is 10.8. The monoisotopic (exact) mass is 481 g/mol. The molecule has 2 heterocycles. The summed E-state index contributed by atoms with van der Waals surface area (Å²) in [5.41, 5.74) is 6.03. The molecular weight excluding hydrogens is 466 g/mol. The molecule has 0 saturated carbocycles. The zero-order valence-corrected chi connectivity index (χ0v) is 18.4. The van der Waals surface area contributed by atoms with Crippen molar-refractivity contribution in [1.29, 1.82) is 0 Å². The maximum atomic E-state index is 12.9. The van der Waals surface area contributed by atoms with E-state index in [4.69, 9.17) is 17.3 Å². The van der Waals surface area contributed by atoms with Gasteiger partial charge in [-0.3, -0.25) is 19.0 Å². The van der Waals surface area contributed by atoms with E-state index in [-0.39, 0.29) is 11.1 Å². The Hall–Kier alpha value is -3.95. The largest absolute Gasteiger partial charge is 0.479 e. The molecule has 0 spiro atoms. The number of primary amides is 1. The third-order valence-electron chi connectivity index (χ3n) is 5.00. The van der Waals surface area contributed by atoms with Gasteiger partial charge in [0.05, 0.1) is 4.34 Å². The molecule has 0 saturated heterocycles. The third kappa shape index (κ3) is 4.50. The molecule has 0 bridgehead atoms. The number of pyridine rings is 1. The lowest BCUT2D eigenvalue weighted by molar-refractivity contribution is -0.139. The second-order valence-corrected chi connectivity index (χ2v) is 8.84. The molecule has 2 aromatic heterocycles. The summed E-state index contributed by atoms with van der Waals surface area (Å²) in [4.78, 5) is 48.9. The van der Waals surface area contributed by atoms with Crippen LogP contribution in [0.2, 0.25) is 4.34 Å². The van der Waals surface area contributed by atoms with Crippen LogP contribution in [-0.2, 0) is 4.79 Å². The van der Waals surface area contributed by atoms with Crippen molar-refractivity contribution >= 4 is 51.5 Å². The number of benzene rings is 2. The van der Waals surface area contributed by atoms with Crippen LogP contribution in [0, 0.1) is 0 Å². The molecule has 4 aromatic rings. The van der Waals surface area contributed by atoms with E-state index in [0.717, 1.165) is 11.3 Å². The maximum Gasteiger partial charge on any atom is 0.331 e. The van der Waals surface area contributed by atoms with Gasteiger partial charge in [-0.05, 0) is 66.0 Å². The van der Waals surface area contributed by atoms with Gasteiger partial charge in [-0.25, -0.2) is 4.79 Å². The van der Waals surface area contributed by atoms with Crippen LogP contribution in [0.25, 0.3) is 16.5 Å². The van der Waals surface area contributed by atoms with E-state index in [1.807, 2.05) is 0 Å². The van der Waals surface area contributed by atoms with Crippen molar-refractivity contribution in [3.63, 3.8) is 0 Å². The molecule has 166 valence electrons. The molecule has 0 fully saturated rings. The normalized spacial score (nSPS) is 11.8. The highest BCUT2D eigenvalue weighted by Crippen LogP contribution is 2.27. The van der Waals surface area contributed by atoms with Crippen molar-refractivity contribution in [3.05, 3.63) is 97.6 Å². The van der Waals surface area contributed by atoms with Gasteiger partial charge in [-0.2, -0.15) is 0 Å². The zero-order valence-electron chi connectivity index (χ0n) is 16.8. The number of aromatic nitrogens is 1. The first-order valence-electron chi connectivity index (χ1n) is 9.59. The number of hydrogen-bond acceptors (Lipinski definition) is 5. The van der Waals surface area contributed by atoms with Crippen molar-refractivity contribution < 1.29 is 19.5 Å². The molecule has 4 rings (SSSR count). The summed E-state index contributed by atoms with van der Waals surface area (Å²) >= 11 is 6.95. The lowest BCUT2D eigenvalue weighted by Crippen LogP contribution is -2.33. The SMILES string of the molecule is NC(=O)c1ccc2c(=O)n(-c3ccc(C(=O)NC(C(=O)O)c4ccc(Cl)s4)cc3)ccc2c1. The van der Waals surface area contributed by atoms with Crippen LogP contribution >= 0.6 is 22.9 Å². The fraction of sp³-hybridized carbons (Fsp3) is 0.0435. The van der Waals surface area contributed by atoms with Crippen molar-refractivity contribution in [2.75, 3.05) is 0 Å². The second-order valence-electron chi connectivity index (χ2n) is 7.09. The van der Waals surface area contributed by atoms with Gasteiger partial charge in [-0.1, -0.05) is 11.6 Å². The number of carboxylic acid groups (broad SMARTS) is 1. The van der Waals surface area contributed by atoms with E-state index in [9.17, 15) is 24.3 Å². The fourth-order valence-corrected chi connectivity index (χ4v) is 4.44. The average Bonchev–Trinajstić information content (AvgIpc) is 3.23. The Kier molecular flexibility index (Phi) is 5.99. The van der Waals surface area contributed by atoms with Crippen LogP contribution < -0.4 is 16.6 Å². The lowest BCUT2D eigenvalue weighted by atomic mass is 10.1. The average molecular weight is 482 g/mol. The minimum atomic E-state index is -1.23. The van der Waals surface area contributed by atoms with E-state index in [1.54, 1.807) is 48.7 Å². The van der Waals surface area contributed by atoms with Crippen molar-refractivity contribution in [2.24, 2.45) is 5.73 Å². The van der Waals surface area contributed by atoms with Gasteiger partial charge in [0.25, 0.3) is 11.5 Å². The number of carboxylic acids is 1. The number of rotatable bonds is 6. The molecule has 0 aliphatic carbocycles. The Morgan fingerprint density at radius 3 is 2.30 bits per heavy atom. The van der Waals surface area contributed by atoms with Gasteiger partial charge in [0.1, 0.15) is 0 Å². The Bertz CT molecular complexity index is 1460. The molecule has 2 amide bonds. The number of carbonyl (C=O) groups is 3. The number of hydrogen-bond donors (Lipinski definition) is 3. The molecule has 4 N–H and O–H groups in total. The maximum absolute atomic E-state index is 12.9. The van der Waals surface area contributed by atoms with Crippen LogP contribution in [0.1, 0.15) is 31.6 Å². The zero-order chi connectivity index (χ0) is 23.7. The number of nitrogens with zero attached hydrogens (tertiary/aromatic N) is 1. The first-order chi connectivity index (χ1) is 15.7. The molecule has 0 aliphatic rings. The Balaban J connectivity index is 1.59. The molecule has 8 nitrogen and oxygen atoms in total. The lowest BCUT2D eigenvalue weighted by Gasteiger charge is -2.13. The molecule has 1 unspecified atom stereocenters. The van der Waals surface area contributed by atoms with Gasteiger partial charge in [0.2, 0.25) is 5.91 Å². The third-order valence-corrected chi connectivity index (χ3v) is 6.29. The molecule has 0 aliphatic heterocycles. The van der Waals surface area contributed by atoms with E-state index in [0.29, 0.717) is 31.2 Å². The first kappa shape index (κ1) is 22.3. The number of carbonyl (C=O) groups excluding carboxylic acids is 2. The topological polar surface area (TPSA) is 131 Å². The molecule has 33 heavy (non-hydrogen) atoms. The van der Waals surface area contributed by atoms with E-state index >= 15 is 0 Å².